The molecule has 0 aromatic heterocycles. The summed E-state index contributed by atoms with van der Waals surface area (Å²) in [6, 6.07) is 20.9. The van der Waals surface area contributed by atoms with Gasteiger partial charge in [-0.1, -0.05) is 47.5 Å². The maximum atomic E-state index is 6.16. The summed E-state index contributed by atoms with van der Waals surface area (Å²) in [7, 11) is 1.66. The Balaban J connectivity index is 1.50. The van der Waals surface area contributed by atoms with Crippen LogP contribution in [0.1, 0.15) is 16.7 Å². The third-order valence-electron chi connectivity index (χ3n) is 4.06. The van der Waals surface area contributed by atoms with Crippen molar-refractivity contribution in [3.63, 3.8) is 0 Å². The van der Waals surface area contributed by atoms with Gasteiger partial charge in [0.25, 0.3) is 0 Å². The normalized spacial score (nSPS) is 10.8. The number of para-hydroxylation sites is 1. The van der Waals surface area contributed by atoms with Crippen LogP contribution in [0, 0.1) is 0 Å². The van der Waals surface area contributed by atoms with E-state index >= 15 is 0 Å². The Morgan fingerprint density at radius 2 is 1.75 bits per heavy atom. The summed E-state index contributed by atoms with van der Waals surface area (Å²) < 4.78 is 11.1. The van der Waals surface area contributed by atoms with Gasteiger partial charge in [0.2, 0.25) is 0 Å². The van der Waals surface area contributed by atoms with Crippen LogP contribution in [0.25, 0.3) is 0 Å². The number of hydrogen-bond donors (Lipinski definition) is 1. The molecule has 0 aliphatic carbocycles. The molecule has 0 spiro atoms. The molecule has 0 aliphatic heterocycles. The van der Waals surface area contributed by atoms with E-state index in [1.165, 1.54) is 0 Å². The Hall–Kier alpha value is -2.69. The minimum atomic E-state index is 0.379. The van der Waals surface area contributed by atoms with Crippen molar-refractivity contribution in [2.45, 2.75) is 13.2 Å². The predicted octanol–water partition coefficient (Wildman–Crippen LogP) is 5.70. The SMILES string of the molecule is COc1ccccc1CN/N=C\c1ccc(OCc2ccc(Cl)cc2Cl)cc1. The third-order valence-corrected chi connectivity index (χ3v) is 4.64. The van der Waals surface area contributed by atoms with Gasteiger partial charge >= 0.3 is 0 Å². The molecule has 1 N–H and O–H groups in total. The summed E-state index contributed by atoms with van der Waals surface area (Å²) in [5.41, 5.74) is 5.93. The number of hydrazone groups is 1. The highest BCUT2D eigenvalue weighted by Crippen LogP contribution is 2.23. The summed E-state index contributed by atoms with van der Waals surface area (Å²) in [5, 5.41) is 5.46. The molecule has 0 unspecified atom stereocenters. The van der Waals surface area contributed by atoms with Crippen LogP contribution < -0.4 is 14.9 Å². The zero-order valence-electron chi connectivity index (χ0n) is 15.4. The molecule has 0 atom stereocenters. The first-order valence-electron chi connectivity index (χ1n) is 8.70. The second-order valence-electron chi connectivity index (χ2n) is 6.00. The van der Waals surface area contributed by atoms with Gasteiger partial charge in [-0.3, -0.25) is 0 Å². The molecule has 0 bridgehead atoms. The summed E-state index contributed by atoms with van der Waals surface area (Å²) in [4.78, 5) is 0. The topological polar surface area (TPSA) is 42.8 Å². The van der Waals surface area contributed by atoms with Gasteiger partial charge in [-0.25, -0.2) is 0 Å². The molecule has 28 heavy (non-hydrogen) atoms. The monoisotopic (exact) mass is 414 g/mol. The molecule has 0 fully saturated rings. The van der Waals surface area contributed by atoms with Gasteiger partial charge < -0.3 is 14.9 Å². The van der Waals surface area contributed by atoms with Gasteiger partial charge in [0.05, 0.1) is 19.9 Å². The van der Waals surface area contributed by atoms with E-state index in [4.69, 9.17) is 32.7 Å². The van der Waals surface area contributed by atoms with Crippen LogP contribution in [-0.2, 0) is 13.2 Å². The molecular formula is C22H20Cl2N2O2. The summed E-state index contributed by atoms with van der Waals surface area (Å²) in [5.74, 6) is 1.60. The van der Waals surface area contributed by atoms with E-state index in [0.717, 1.165) is 28.2 Å². The highest BCUT2D eigenvalue weighted by Gasteiger charge is 2.03. The molecule has 0 saturated heterocycles. The molecule has 0 amide bonds. The third kappa shape index (κ3) is 5.65. The molecule has 6 heteroatoms. The summed E-state index contributed by atoms with van der Waals surface area (Å²) in [6.07, 6.45) is 1.76. The number of nitrogens with one attached hydrogen (secondary N) is 1. The Morgan fingerprint density at radius 1 is 0.964 bits per heavy atom. The Bertz CT molecular complexity index is 944. The summed E-state index contributed by atoms with van der Waals surface area (Å²) in [6.45, 7) is 0.966. The van der Waals surface area contributed by atoms with E-state index in [2.05, 4.69) is 10.5 Å². The first kappa shape index (κ1) is 20.1. The smallest absolute Gasteiger partial charge is 0.123 e. The molecule has 0 aliphatic rings. The van der Waals surface area contributed by atoms with Crippen molar-refractivity contribution in [3.8, 4) is 11.5 Å². The van der Waals surface area contributed by atoms with Crippen LogP contribution >= 0.6 is 23.2 Å². The molecule has 0 radical (unpaired) electrons. The number of hydrogen-bond acceptors (Lipinski definition) is 4. The molecule has 3 aromatic carbocycles. The molecule has 0 heterocycles. The minimum Gasteiger partial charge on any atom is -0.496 e. The average molecular weight is 415 g/mol. The molecule has 3 aromatic rings. The first-order valence-corrected chi connectivity index (χ1v) is 9.46. The molecule has 3 rings (SSSR count). The van der Waals surface area contributed by atoms with E-state index in [-0.39, 0.29) is 0 Å². The van der Waals surface area contributed by atoms with Gasteiger partial charge in [-0.05, 0) is 48.0 Å². The van der Waals surface area contributed by atoms with Crippen molar-refractivity contribution in [2.24, 2.45) is 5.10 Å². The van der Waals surface area contributed by atoms with Crippen molar-refractivity contribution >= 4 is 29.4 Å². The Morgan fingerprint density at radius 3 is 2.50 bits per heavy atom. The standard InChI is InChI=1S/C22H20Cl2N2O2/c1-27-22-5-3-2-4-17(22)14-26-25-13-16-6-10-20(11-7-16)28-15-18-8-9-19(23)12-21(18)24/h2-13,26H,14-15H2,1H3/b25-13-. The van der Waals surface area contributed by atoms with Crippen molar-refractivity contribution in [1.82, 2.24) is 5.43 Å². The maximum Gasteiger partial charge on any atom is 0.123 e. The lowest BCUT2D eigenvalue weighted by atomic mass is 10.2. The van der Waals surface area contributed by atoms with Crippen molar-refractivity contribution in [2.75, 3.05) is 7.11 Å². The number of methoxy groups -OCH3 is 1. The first-order chi connectivity index (χ1) is 13.7. The van der Waals surface area contributed by atoms with Gasteiger partial charge in [0.15, 0.2) is 0 Å². The second kappa shape index (κ2) is 10.0. The van der Waals surface area contributed by atoms with Crippen LogP contribution in [0.3, 0.4) is 0 Å². The number of halogens is 2. The number of nitrogens with zero attached hydrogens (tertiary/aromatic N) is 1. The van der Waals surface area contributed by atoms with E-state index in [1.54, 1.807) is 25.5 Å². The van der Waals surface area contributed by atoms with Crippen LogP contribution in [0.15, 0.2) is 71.8 Å². The number of ether oxygens (including phenoxy) is 2. The molecule has 0 saturated carbocycles. The fourth-order valence-corrected chi connectivity index (χ4v) is 3.01. The fourth-order valence-electron chi connectivity index (χ4n) is 2.55. The Labute approximate surface area is 174 Å². The van der Waals surface area contributed by atoms with Crippen molar-refractivity contribution < 1.29 is 9.47 Å². The zero-order valence-corrected chi connectivity index (χ0v) is 16.9. The van der Waals surface area contributed by atoms with Crippen LogP contribution in [0.5, 0.6) is 11.5 Å². The van der Waals surface area contributed by atoms with Crippen molar-refractivity contribution in [1.29, 1.82) is 0 Å². The molecular weight excluding hydrogens is 395 g/mol. The predicted molar refractivity (Wildman–Crippen MR) is 115 cm³/mol. The lowest BCUT2D eigenvalue weighted by Gasteiger charge is -2.08. The highest BCUT2D eigenvalue weighted by molar-refractivity contribution is 6.35. The van der Waals surface area contributed by atoms with Crippen LogP contribution in [0.4, 0.5) is 0 Å². The van der Waals surface area contributed by atoms with Gasteiger partial charge in [0, 0.05) is 21.2 Å². The van der Waals surface area contributed by atoms with Crippen LogP contribution in [0.2, 0.25) is 10.0 Å². The van der Waals surface area contributed by atoms with E-state index in [0.29, 0.717) is 23.2 Å². The van der Waals surface area contributed by atoms with Crippen molar-refractivity contribution in [3.05, 3.63) is 93.5 Å². The van der Waals surface area contributed by atoms with Gasteiger partial charge in [-0.15, -0.1) is 0 Å². The maximum absolute atomic E-state index is 6.16. The van der Waals surface area contributed by atoms with E-state index in [9.17, 15) is 0 Å². The highest BCUT2D eigenvalue weighted by atomic mass is 35.5. The molecule has 4 nitrogen and oxygen atoms in total. The van der Waals surface area contributed by atoms with Gasteiger partial charge in [0.1, 0.15) is 18.1 Å². The lowest BCUT2D eigenvalue weighted by molar-refractivity contribution is 0.306. The van der Waals surface area contributed by atoms with Crippen LogP contribution in [-0.4, -0.2) is 13.3 Å². The largest absolute Gasteiger partial charge is 0.496 e. The van der Waals surface area contributed by atoms with E-state index in [1.807, 2.05) is 54.6 Å². The summed E-state index contributed by atoms with van der Waals surface area (Å²) >= 11 is 12.1. The van der Waals surface area contributed by atoms with E-state index < -0.39 is 0 Å². The number of benzene rings is 3. The lowest BCUT2D eigenvalue weighted by Crippen LogP contribution is -2.06. The average Bonchev–Trinajstić information content (AvgIpc) is 2.72. The van der Waals surface area contributed by atoms with Gasteiger partial charge in [-0.2, -0.15) is 5.10 Å². The zero-order chi connectivity index (χ0) is 19.8. The quantitative estimate of drug-likeness (QED) is 0.379. The minimum absolute atomic E-state index is 0.379. The fraction of sp³-hybridized carbons (Fsp3) is 0.136. The molecule has 144 valence electrons. The number of rotatable bonds is 8. The second-order valence-corrected chi connectivity index (χ2v) is 6.84. The Kier molecular flexibility index (Phi) is 7.18.